The Kier molecular flexibility index (Phi) is 10.8. The van der Waals surface area contributed by atoms with Gasteiger partial charge in [0.2, 0.25) is 0 Å². The van der Waals surface area contributed by atoms with Crippen molar-refractivity contribution in [2.24, 2.45) is 5.10 Å². The van der Waals surface area contributed by atoms with Gasteiger partial charge in [-0.1, -0.05) is 36.5 Å². The van der Waals surface area contributed by atoms with Crippen LogP contribution in [0, 0.1) is 0 Å². The molecule has 0 saturated heterocycles. The molecule has 0 aromatic heterocycles. The molecule has 0 aliphatic carbocycles. The van der Waals surface area contributed by atoms with Crippen molar-refractivity contribution >= 4 is 41.3 Å². The molecule has 0 fully saturated rings. The number of nitrogens with one attached hydrogen (secondary N) is 1. The number of nitrogens with zero attached hydrogens (tertiary/aromatic N) is 1. The number of amides is 1. The molecule has 0 aliphatic rings. The van der Waals surface area contributed by atoms with Gasteiger partial charge in [0.15, 0.2) is 17.6 Å². The number of benzene rings is 3. The first-order chi connectivity index (χ1) is 18.3. The van der Waals surface area contributed by atoms with E-state index in [9.17, 15) is 9.59 Å². The lowest BCUT2D eigenvalue weighted by Gasteiger charge is -2.14. The van der Waals surface area contributed by atoms with Crippen LogP contribution in [0.5, 0.6) is 23.0 Å². The average molecular weight is 559 g/mol. The normalized spacial score (nSPS) is 11.6. The molecule has 3 rings (SSSR count). The third kappa shape index (κ3) is 8.39. The van der Waals surface area contributed by atoms with Crippen LogP contribution >= 0.6 is 23.2 Å². The van der Waals surface area contributed by atoms with Crippen molar-refractivity contribution in [3.8, 4) is 23.0 Å². The minimum absolute atomic E-state index is 0.240. The fourth-order valence-electron chi connectivity index (χ4n) is 3.11. The van der Waals surface area contributed by atoms with Crippen molar-refractivity contribution in [1.29, 1.82) is 0 Å². The molecule has 0 bridgehead atoms. The zero-order chi connectivity index (χ0) is 27.5. The van der Waals surface area contributed by atoms with Crippen molar-refractivity contribution in [2.75, 3.05) is 13.7 Å². The zero-order valence-electron chi connectivity index (χ0n) is 21.2. The number of halogens is 2. The lowest BCUT2D eigenvalue weighted by molar-refractivity contribution is -0.127. The summed E-state index contributed by atoms with van der Waals surface area (Å²) >= 11 is 12.0. The predicted molar refractivity (Wildman–Crippen MR) is 147 cm³/mol. The van der Waals surface area contributed by atoms with Gasteiger partial charge in [-0.2, -0.15) is 5.10 Å². The molecule has 0 spiro atoms. The maximum absolute atomic E-state index is 12.6. The third-order valence-electron chi connectivity index (χ3n) is 5.20. The highest BCUT2D eigenvalue weighted by Crippen LogP contribution is 2.29. The Bertz CT molecular complexity index is 1280. The number of rotatable bonds is 12. The van der Waals surface area contributed by atoms with Crippen molar-refractivity contribution < 1.29 is 28.5 Å². The van der Waals surface area contributed by atoms with E-state index in [0.717, 1.165) is 12.8 Å². The Balaban J connectivity index is 1.56. The number of ether oxygens (including phenoxy) is 4. The molecule has 0 aliphatic heterocycles. The predicted octanol–water partition coefficient (Wildman–Crippen LogP) is 6.32. The number of methoxy groups -OCH3 is 1. The quantitative estimate of drug-likeness (QED) is 0.0918. The van der Waals surface area contributed by atoms with Gasteiger partial charge in [-0.3, -0.25) is 4.79 Å². The number of carbonyl (C=O) groups is 2. The van der Waals surface area contributed by atoms with Crippen LogP contribution in [0.3, 0.4) is 0 Å². The van der Waals surface area contributed by atoms with Gasteiger partial charge < -0.3 is 18.9 Å². The second-order valence-electron chi connectivity index (χ2n) is 8.10. The van der Waals surface area contributed by atoms with Crippen molar-refractivity contribution in [1.82, 2.24) is 5.43 Å². The summed E-state index contributed by atoms with van der Waals surface area (Å²) in [6.07, 6.45) is 2.56. The van der Waals surface area contributed by atoms with E-state index >= 15 is 0 Å². The van der Waals surface area contributed by atoms with Crippen LogP contribution < -0.4 is 24.4 Å². The first kappa shape index (κ1) is 28.8. The maximum Gasteiger partial charge on any atom is 0.343 e. The van der Waals surface area contributed by atoms with Gasteiger partial charge in [0, 0.05) is 5.02 Å². The van der Waals surface area contributed by atoms with Crippen LogP contribution in [0.25, 0.3) is 0 Å². The molecule has 1 amide bonds. The highest BCUT2D eigenvalue weighted by atomic mass is 35.5. The fourth-order valence-corrected chi connectivity index (χ4v) is 3.56. The van der Waals surface area contributed by atoms with Gasteiger partial charge in [-0.05, 0) is 79.6 Å². The number of hydrazone groups is 1. The van der Waals surface area contributed by atoms with Crippen molar-refractivity contribution in [3.05, 3.63) is 81.8 Å². The Morgan fingerprint density at radius 2 is 1.74 bits per heavy atom. The SMILES string of the molecule is CCCCOc1ccc(C(=O)Oc2ccc(/C=N\NC(=O)[C@H](C)Oc3ccc(Cl)cc3Cl)cc2OC)cc1. The molecule has 0 saturated carbocycles. The summed E-state index contributed by atoms with van der Waals surface area (Å²) in [4.78, 5) is 24.9. The van der Waals surface area contributed by atoms with Crippen LogP contribution in [0.2, 0.25) is 10.0 Å². The summed E-state index contributed by atoms with van der Waals surface area (Å²) in [5.74, 6) is 0.566. The second kappa shape index (κ2) is 14.3. The Hall–Kier alpha value is -3.75. The van der Waals surface area contributed by atoms with Crippen LogP contribution in [0.1, 0.15) is 42.6 Å². The number of hydrogen-bond acceptors (Lipinski definition) is 7. The van der Waals surface area contributed by atoms with Gasteiger partial charge >= 0.3 is 5.97 Å². The zero-order valence-corrected chi connectivity index (χ0v) is 22.7. The van der Waals surface area contributed by atoms with E-state index in [1.807, 2.05) is 0 Å². The average Bonchev–Trinajstić information content (AvgIpc) is 2.91. The number of carbonyl (C=O) groups excluding carboxylic acids is 2. The fraction of sp³-hybridized carbons (Fsp3) is 0.250. The standard InChI is InChI=1S/C28H28Cl2N2O6/c1-4-5-14-36-22-10-7-20(8-11-22)28(34)38-25-12-6-19(15-26(25)35-3)17-31-32-27(33)18(2)37-24-13-9-21(29)16-23(24)30/h6-13,15-18H,4-5,14H2,1-3H3,(H,32,33)/b31-17-/t18-/m0/s1. The number of hydrogen-bond donors (Lipinski definition) is 1. The molecular formula is C28H28Cl2N2O6. The summed E-state index contributed by atoms with van der Waals surface area (Å²) < 4.78 is 22.1. The largest absolute Gasteiger partial charge is 0.494 e. The maximum atomic E-state index is 12.6. The second-order valence-corrected chi connectivity index (χ2v) is 8.94. The van der Waals surface area contributed by atoms with Gasteiger partial charge in [0.1, 0.15) is 11.5 Å². The first-order valence-corrected chi connectivity index (χ1v) is 12.6. The van der Waals surface area contributed by atoms with E-state index < -0.39 is 18.0 Å². The molecular weight excluding hydrogens is 531 g/mol. The van der Waals surface area contributed by atoms with Gasteiger partial charge in [0.05, 0.1) is 30.5 Å². The van der Waals surface area contributed by atoms with E-state index in [1.54, 1.807) is 61.5 Å². The van der Waals surface area contributed by atoms with Crippen molar-refractivity contribution in [3.63, 3.8) is 0 Å². The topological polar surface area (TPSA) is 95.5 Å². The summed E-state index contributed by atoms with van der Waals surface area (Å²) in [6.45, 7) is 4.28. The Morgan fingerprint density at radius 3 is 2.42 bits per heavy atom. The molecule has 200 valence electrons. The van der Waals surface area contributed by atoms with Crippen LogP contribution in [0.4, 0.5) is 0 Å². The van der Waals surface area contributed by atoms with Crippen LogP contribution in [-0.2, 0) is 4.79 Å². The van der Waals surface area contributed by atoms with E-state index in [-0.39, 0.29) is 5.75 Å². The summed E-state index contributed by atoms with van der Waals surface area (Å²) in [6, 6.07) is 16.3. The number of unbranched alkanes of at least 4 members (excludes halogenated alkanes) is 1. The van der Waals surface area contributed by atoms with Gasteiger partial charge in [-0.15, -0.1) is 0 Å². The molecule has 38 heavy (non-hydrogen) atoms. The molecule has 0 radical (unpaired) electrons. The molecule has 0 heterocycles. The molecule has 3 aromatic carbocycles. The summed E-state index contributed by atoms with van der Waals surface area (Å²) in [5, 5.41) is 4.71. The van der Waals surface area contributed by atoms with Gasteiger partial charge in [-0.25, -0.2) is 10.2 Å². The van der Waals surface area contributed by atoms with Crippen LogP contribution in [-0.4, -0.2) is 37.9 Å². The monoisotopic (exact) mass is 558 g/mol. The first-order valence-electron chi connectivity index (χ1n) is 11.9. The van der Waals surface area contributed by atoms with E-state index in [1.165, 1.54) is 19.4 Å². The molecule has 1 atom stereocenters. The molecule has 8 nitrogen and oxygen atoms in total. The molecule has 0 unspecified atom stereocenters. The smallest absolute Gasteiger partial charge is 0.343 e. The van der Waals surface area contributed by atoms with Crippen LogP contribution in [0.15, 0.2) is 65.8 Å². The minimum atomic E-state index is -0.862. The van der Waals surface area contributed by atoms with E-state index in [4.69, 9.17) is 42.1 Å². The highest BCUT2D eigenvalue weighted by molar-refractivity contribution is 6.35. The minimum Gasteiger partial charge on any atom is -0.494 e. The third-order valence-corrected chi connectivity index (χ3v) is 5.73. The van der Waals surface area contributed by atoms with E-state index in [2.05, 4.69) is 17.5 Å². The lowest BCUT2D eigenvalue weighted by Crippen LogP contribution is -2.33. The Labute approximate surface area is 231 Å². The number of esters is 1. The molecule has 1 N–H and O–H groups in total. The van der Waals surface area contributed by atoms with E-state index in [0.29, 0.717) is 45.0 Å². The summed E-state index contributed by atoms with van der Waals surface area (Å²) in [5.41, 5.74) is 3.38. The van der Waals surface area contributed by atoms with Crippen molar-refractivity contribution in [2.45, 2.75) is 32.8 Å². The Morgan fingerprint density at radius 1 is 1.00 bits per heavy atom. The molecule has 3 aromatic rings. The molecule has 10 heteroatoms. The lowest BCUT2D eigenvalue weighted by atomic mass is 10.2. The summed E-state index contributed by atoms with van der Waals surface area (Å²) in [7, 11) is 1.46. The van der Waals surface area contributed by atoms with Gasteiger partial charge in [0.25, 0.3) is 5.91 Å². The highest BCUT2D eigenvalue weighted by Gasteiger charge is 2.16.